The van der Waals surface area contributed by atoms with Crippen LogP contribution in [0.4, 0.5) is 0 Å². The van der Waals surface area contributed by atoms with Crippen molar-refractivity contribution in [3.05, 3.63) is 0 Å². The van der Waals surface area contributed by atoms with E-state index in [1.807, 2.05) is 39.5 Å². The Morgan fingerprint density at radius 2 is 1.92 bits per heavy atom. The number of amides is 1. The molecule has 13 heavy (non-hydrogen) atoms. The number of hydrogen-bond donors (Lipinski definition) is 1. The van der Waals surface area contributed by atoms with E-state index < -0.39 is 0 Å². The van der Waals surface area contributed by atoms with Gasteiger partial charge in [0.15, 0.2) is 0 Å². The minimum absolute atomic E-state index is 0.0424. The third-order valence-electron chi connectivity index (χ3n) is 2.80. The maximum absolute atomic E-state index is 11.7. The fraction of sp³-hybridized carbons (Fsp3) is 0.900. The van der Waals surface area contributed by atoms with E-state index in [2.05, 4.69) is 0 Å². The summed E-state index contributed by atoms with van der Waals surface area (Å²) in [5.74, 6) is 0.171. The molecule has 0 aliphatic carbocycles. The number of nitrogens with two attached hydrogens (primary N) is 1. The fourth-order valence-electron chi connectivity index (χ4n) is 2.25. The first-order chi connectivity index (χ1) is 5.67. The van der Waals surface area contributed by atoms with Crippen molar-refractivity contribution in [1.29, 1.82) is 0 Å². The second-order valence-electron chi connectivity index (χ2n) is 5.36. The van der Waals surface area contributed by atoms with Crippen LogP contribution in [0.5, 0.6) is 0 Å². The van der Waals surface area contributed by atoms with Crippen LogP contribution in [0.3, 0.4) is 0 Å². The van der Waals surface area contributed by atoms with Gasteiger partial charge in [0.1, 0.15) is 0 Å². The number of carbonyl (C=O) groups is 1. The molecule has 0 radical (unpaired) electrons. The Morgan fingerprint density at radius 3 is 2.08 bits per heavy atom. The highest BCUT2D eigenvalue weighted by Crippen LogP contribution is 2.34. The van der Waals surface area contributed by atoms with E-state index in [0.29, 0.717) is 6.42 Å². The molecule has 1 heterocycles. The van der Waals surface area contributed by atoms with Crippen molar-refractivity contribution in [2.45, 2.75) is 58.2 Å². The van der Waals surface area contributed by atoms with Crippen LogP contribution in [0, 0.1) is 0 Å². The number of hydrogen-bond acceptors (Lipinski definition) is 2. The minimum atomic E-state index is -0.213. The lowest BCUT2D eigenvalue weighted by atomic mass is 9.93. The molecule has 1 aliphatic heterocycles. The first-order valence-corrected chi connectivity index (χ1v) is 4.76. The summed E-state index contributed by atoms with van der Waals surface area (Å²) in [6.07, 6.45) is 0.476. The Hall–Kier alpha value is -0.570. The predicted octanol–water partition coefficient (Wildman–Crippen LogP) is 1.12. The van der Waals surface area contributed by atoms with Gasteiger partial charge in [0.2, 0.25) is 5.91 Å². The standard InChI is InChI=1S/C10H20N2O/c1-9(2,3)12-8(13)6-7(11)10(12,4)5/h7H,6,11H2,1-5H3. The monoisotopic (exact) mass is 184 g/mol. The Kier molecular flexibility index (Phi) is 2.19. The lowest BCUT2D eigenvalue weighted by Crippen LogP contribution is -2.56. The van der Waals surface area contributed by atoms with Gasteiger partial charge in [-0.25, -0.2) is 0 Å². The van der Waals surface area contributed by atoms with E-state index in [1.54, 1.807) is 0 Å². The summed E-state index contributed by atoms with van der Waals surface area (Å²) in [5, 5.41) is 0. The van der Waals surface area contributed by atoms with Crippen molar-refractivity contribution in [2.24, 2.45) is 5.73 Å². The number of likely N-dealkylation sites (tertiary alicyclic amines) is 1. The van der Waals surface area contributed by atoms with Gasteiger partial charge in [0, 0.05) is 18.0 Å². The molecule has 76 valence electrons. The molecule has 0 aromatic heterocycles. The van der Waals surface area contributed by atoms with Gasteiger partial charge in [-0.05, 0) is 34.6 Å². The molecule has 1 fully saturated rings. The molecule has 1 amide bonds. The van der Waals surface area contributed by atoms with Crippen molar-refractivity contribution < 1.29 is 4.79 Å². The second-order valence-corrected chi connectivity index (χ2v) is 5.36. The summed E-state index contributed by atoms with van der Waals surface area (Å²) in [4.78, 5) is 13.6. The van der Waals surface area contributed by atoms with Crippen LogP contribution in [-0.2, 0) is 4.79 Å². The van der Waals surface area contributed by atoms with Gasteiger partial charge < -0.3 is 10.6 Å². The van der Waals surface area contributed by atoms with Crippen LogP contribution in [0.2, 0.25) is 0 Å². The predicted molar refractivity (Wildman–Crippen MR) is 53.3 cm³/mol. The summed E-state index contributed by atoms with van der Waals surface area (Å²) in [7, 11) is 0. The summed E-state index contributed by atoms with van der Waals surface area (Å²) < 4.78 is 0. The van der Waals surface area contributed by atoms with E-state index in [1.165, 1.54) is 0 Å². The maximum atomic E-state index is 11.7. The third kappa shape index (κ3) is 1.57. The smallest absolute Gasteiger partial charge is 0.225 e. The molecule has 1 unspecified atom stereocenters. The lowest BCUT2D eigenvalue weighted by Gasteiger charge is -2.43. The molecule has 0 aromatic rings. The molecule has 2 N–H and O–H groups in total. The lowest BCUT2D eigenvalue weighted by molar-refractivity contribution is -0.136. The zero-order chi connectivity index (χ0) is 10.4. The maximum Gasteiger partial charge on any atom is 0.225 e. The average Bonchev–Trinajstić information content (AvgIpc) is 1.99. The molecule has 1 rings (SSSR count). The van der Waals surface area contributed by atoms with Crippen molar-refractivity contribution in [2.75, 3.05) is 0 Å². The van der Waals surface area contributed by atoms with E-state index in [9.17, 15) is 4.79 Å². The largest absolute Gasteiger partial charge is 0.331 e. The highest BCUT2D eigenvalue weighted by atomic mass is 16.2. The van der Waals surface area contributed by atoms with Gasteiger partial charge >= 0.3 is 0 Å². The molecule has 1 saturated heterocycles. The molecular weight excluding hydrogens is 164 g/mol. The highest BCUT2D eigenvalue weighted by Gasteiger charge is 2.48. The van der Waals surface area contributed by atoms with Crippen LogP contribution in [0.15, 0.2) is 0 Å². The molecule has 0 spiro atoms. The topological polar surface area (TPSA) is 46.3 Å². The Labute approximate surface area is 80.3 Å². The first-order valence-electron chi connectivity index (χ1n) is 4.76. The third-order valence-corrected chi connectivity index (χ3v) is 2.80. The van der Waals surface area contributed by atoms with Crippen LogP contribution in [0.25, 0.3) is 0 Å². The Balaban J connectivity index is 3.03. The quantitative estimate of drug-likeness (QED) is 0.613. The van der Waals surface area contributed by atoms with Gasteiger partial charge in [0.05, 0.1) is 5.54 Å². The Bertz CT molecular complexity index is 228. The fourth-order valence-corrected chi connectivity index (χ4v) is 2.25. The number of carbonyl (C=O) groups excluding carboxylic acids is 1. The Morgan fingerprint density at radius 1 is 1.46 bits per heavy atom. The highest BCUT2D eigenvalue weighted by molar-refractivity contribution is 5.81. The summed E-state index contributed by atoms with van der Waals surface area (Å²) in [6.45, 7) is 10.2. The van der Waals surface area contributed by atoms with Gasteiger partial charge in [-0.15, -0.1) is 0 Å². The summed E-state index contributed by atoms with van der Waals surface area (Å²) >= 11 is 0. The number of rotatable bonds is 0. The zero-order valence-electron chi connectivity index (χ0n) is 9.22. The number of nitrogens with zero attached hydrogens (tertiary/aromatic N) is 1. The second kappa shape index (κ2) is 2.71. The normalized spacial score (nSPS) is 28.3. The van der Waals surface area contributed by atoms with E-state index in [-0.39, 0.29) is 23.0 Å². The summed E-state index contributed by atoms with van der Waals surface area (Å²) in [5.41, 5.74) is 5.58. The molecule has 3 nitrogen and oxygen atoms in total. The van der Waals surface area contributed by atoms with Crippen molar-refractivity contribution in [1.82, 2.24) is 4.90 Å². The minimum Gasteiger partial charge on any atom is -0.331 e. The van der Waals surface area contributed by atoms with Crippen molar-refractivity contribution in [3.8, 4) is 0 Å². The molecule has 0 saturated carbocycles. The van der Waals surface area contributed by atoms with Gasteiger partial charge in [-0.2, -0.15) is 0 Å². The van der Waals surface area contributed by atoms with Crippen LogP contribution < -0.4 is 5.73 Å². The molecule has 0 aromatic carbocycles. The zero-order valence-corrected chi connectivity index (χ0v) is 9.22. The summed E-state index contributed by atoms with van der Waals surface area (Å²) in [6, 6.07) is -0.0424. The van der Waals surface area contributed by atoms with Crippen LogP contribution >= 0.6 is 0 Å². The SMILES string of the molecule is CC(C)(C)N1C(=O)CC(N)C1(C)C. The molecule has 0 bridgehead atoms. The van der Waals surface area contributed by atoms with E-state index >= 15 is 0 Å². The molecule has 1 aliphatic rings. The molecular formula is C10H20N2O. The molecule has 1 atom stereocenters. The first kappa shape index (κ1) is 10.5. The van der Waals surface area contributed by atoms with E-state index in [0.717, 1.165) is 0 Å². The van der Waals surface area contributed by atoms with Crippen LogP contribution in [0.1, 0.15) is 41.0 Å². The van der Waals surface area contributed by atoms with Crippen LogP contribution in [-0.4, -0.2) is 27.9 Å². The molecule has 3 heteroatoms. The van der Waals surface area contributed by atoms with Crippen molar-refractivity contribution >= 4 is 5.91 Å². The van der Waals surface area contributed by atoms with Gasteiger partial charge in [-0.3, -0.25) is 4.79 Å². The van der Waals surface area contributed by atoms with Gasteiger partial charge in [0.25, 0.3) is 0 Å². The van der Waals surface area contributed by atoms with E-state index in [4.69, 9.17) is 5.73 Å². The average molecular weight is 184 g/mol. The van der Waals surface area contributed by atoms with Crippen molar-refractivity contribution in [3.63, 3.8) is 0 Å². The van der Waals surface area contributed by atoms with Gasteiger partial charge in [-0.1, -0.05) is 0 Å².